The summed E-state index contributed by atoms with van der Waals surface area (Å²) >= 11 is 0. The molecule has 0 aliphatic rings. The molecule has 2 nitrogen and oxygen atoms in total. The minimum atomic E-state index is -0.348. The smallest absolute Gasteiger partial charge is 0.154 e. The number of hydrogen-bond donors (Lipinski definition) is 0. The van der Waals surface area contributed by atoms with Crippen LogP contribution < -0.4 is 0 Å². The number of carbonyl (C=O) groups is 1. The van der Waals surface area contributed by atoms with Crippen LogP contribution in [0.5, 0.6) is 0 Å². The lowest BCUT2D eigenvalue weighted by molar-refractivity contribution is 0.112. The summed E-state index contributed by atoms with van der Waals surface area (Å²) in [5, 5.41) is 0.551. The minimum Gasteiger partial charge on any atom is -0.460 e. The van der Waals surface area contributed by atoms with Crippen molar-refractivity contribution in [3.63, 3.8) is 0 Å². The Morgan fingerprint density at radius 2 is 2.07 bits per heavy atom. The van der Waals surface area contributed by atoms with E-state index in [9.17, 15) is 9.18 Å². The van der Waals surface area contributed by atoms with Gasteiger partial charge < -0.3 is 4.42 Å². The van der Waals surface area contributed by atoms with Crippen LogP contribution in [0.25, 0.3) is 11.0 Å². The molecule has 14 heavy (non-hydrogen) atoms. The maximum Gasteiger partial charge on any atom is 0.154 e. The molecule has 0 radical (unpaired) electrons. The van der Waals surface area contributed by atoms with Crippen LogP contribution in [0.3, 0.4) is 0 Å². The molecule has 3 heteroatoms. The average Bonchev–Trinajstić information content (AvgIpc) is 2.41. The number of rotatable bonds is 1. The second kappa shape index (κ2) is 2.94. The monoisotopic (exact) mass is 192 g/mol. The molecule has 0 amide bonds. The van der Waals surface area contributed by atoms with Gasteiger partial charge in [0.15, 0.2) is 6.29 Å². The highest BCUT2D eigenvalue weighted by molar-refractivity contribution is 5.98. The molecular weight excluding hydrogens is 183 g/mol. The number of hydrogen-bond acceptors (Lipinski definition) is 2. The Hall–Kier alpha value is -1.64. The van der Waals surface area contributed by atoms with E-state index < -0.39 is 0 Å². The predicted molar refractivity (Wildman–Crippen MR) is 51.0 cm³/mol. The third-order valence-corrected chi connectivity index (χ3v) is 2.28. The van der Waals surface area contributed by atoms with Crippen molar-refractivity contribution < 1.29 is 13.6 Å². The molecule has 0 saturated carbocycles. The molecule has 1 aromatic carbocycles. The minimum absolute atomic E-state index is 0.348. The summed E-state index contributed by atoms with van der Waals surface area (Å²) in [6.07, 6.45) is 0.694. The van der Waals surface area contributed by atoms with Crippen molar-refractivity contribution in [1.82, 2.24) is 0 Å². The van der Waals surface area contributed by atoms with Crippen molar-refractivity contribution in [1.29, 1.82) is 0 Å². The number of aryl methyl sites for hydroxylation is 2. The summed E-state index contributed by atoms with van der Waals surface area (Å²) in [4.78, 5) is 10.7. The zero-order valence-corrected chi connectivity index (χ0v) is 7.93. The first-order valence-corrected chi connectivity index (χ1v) is 4.28. The Bertz CT molecular complexity index is 511. The fourth-order valence-corrected chi connectivity index (χ4v) is 1.61. The Morgan fingerprint density at radius 3 is 2.71 bits per heavy atom. The molecule has 0 saturated heterocycles. The van der Waals surface area contributed by atoms with E-state index in [1.165, 1.54) is 12.1 Å². The van der Waals surface area contributed by atoms with Gasteiger partial charge in [0.05, 0.1) is 5.56 Å². The van der Waals surface area contributed by atoms with Crippen LogP contribution in [-0.4, -0.2) is 6.29 Å². The molecule has 0 N–H and O–H groups in total. The Labute approximate surface area is 80.3 Å². The highest BCUT2D eigenvalue weighted by Crippen LogP contribution is 2.27. The number of halogens is 1. The number of carbonyl (C=O) groups excluding carboxylic acids is 1. The lowest BCUT2D eigenvalue weighted by Crippen LogP contribution is -1.82. The number of furan rings is 1. The van der Waals surface area contributed by atoms with Gasteiger partial charge in [-0.1, -0.05) is 0 Å². The van der Waals surface area contributed by atoms with Gasteiger partial charge in [-0.3, -0.25) is 4.79 Å². The van der Waals surface area contributed by atoms with Gasteiger partial charge >= 0.3 is 0 Å². The van der Waals surface area contributed by atoms with Crippen LogP contribution in [0.2, 0.25) is 0 Å². The van der Waals surface area contributed by atoms with Gasteiger partial charge in [0.2, 0.25) is 0 Å². The maximum absolute atomic E-state index is 13.1. The fraction of sp³-hybridized carbons (Fsp3) is 0.182. The zero-order chi connectivity index (χ0) is 10.3. The van der Waals surface area contributed by atoms with Gasteiger partial charge in [-0.05, 0) is 31.5 Å². The molecule has 2 rings (SSSR count). The van der Waals surface area contributed by atoms with Crippen LogP contribution in [0.1, 0.15) is 21.7 Å². The Morgan fingerprint density at radius 1 is 1.36 bits per heavy atom. The third kappa shape index (κ3) is 1.13. The molecule has 2 aromatic rings. The summed E-state index contributed by atoms with van der Waals surface area (Å²) in [7, 11) is 0. The van der Waals surface area contributed by atoms with E-state index in [1.807, 2.05) is 0 Å². The zero-order valence-electron chi connectivity index (χ0n) is 7.93. The molecular formula is C11H9FO2. The normalized spacial score (nSPS) is 10.8. The van der Waals surface area contributed by atoms with Gasteiger partial charge in [-0.25, -0.2) is 4.39 Å². The van der Waals surface area contributed by atoms with Gasteiger partial charge in [0.1, 0.15) is 17.2 Å². The molecule has 0 atom stereocenters. The maximum atomic E-state index is 13.1. The highest BCUT2D eigenvalue weighted by atomic mass is 19.1. The molecule has 0 bridgehead atoms. The molecule has 72 valence electrons. The first-order valence-electron chi connectivity index (χ1n) is 4.28. The van der Waals surface area contributed by atoms with E-state index in [1.54, 1.807) is 13.8 Å². The second-order valence-corrected chi connectivity index (χ2v) is 3.29. The predicted octanol–water partition coefficient (Wildman–Crippen LogP) is 3.00. The number of aldehydes is 1. The van der Waals surface area contributed by atoms with Crippen LogP contribution in [0.15, 0.2) is 16.5 Å². The molecule has 0 spiro atoms. The molecule has 1 aromatic heterocycles. The topological polar surface area (TPSA) is 30.2 Å². The molecule has 0 aliphatic carbocycles. The van der Waals surface area contributed by atoms with Gasteiger partial charge in [0, 0.05) is 5.39 Å². The van der Waals surface area contributed by atoms with Crippen molar-refractivity contribution in [2.24, 2.45) is 0 Å². The van der Waals surface area contributed by atoms with E-state index in [-0.39, 0.29) is 5.82 Å². The largest absolute Gasteiger partial charge is 0.460 e. The molecule has 1 heterocycles. The Balaban J connectivity index is 2.94. The van der Waals surface area contributed by atoms with Gasteiger partial charge in [0.25, 0.3) is 0 Å². The van der Waals surface area contributed by atoms with Crippen molar-refractivity contribution in [3.05, 3.63) is 34.8 Å². The number of benzene rings is 1. The van der Waals surface area contributed by atoms with Gasteiger partial charge in [-0.2, -0.15) is 0 Å². The quantitative estimate of drug-likeness (QED) is 0.650. The van der Waals surface area contributed by atoms with E-state index in [0.717, 1.165) is 0 Å². The highest BCUT2D eigenvalue weighted by Gasteiger charge is 2.12. The standard InChI is InChI=1S/C11H9FO2/c1-6-3-8(12)4-9-10(5-13)7(2)14-11(6)9/h3-5H,1-2H3. The summed E-state index contributed by atoms with van der Waals surface area (Å²) in [5.74, 6) is 0.183. The van der Waals surface area contributed by atoms with Crippen molar-refractivity contribution in [3.8, 4) is 0 Å². The van der Waals surface area contributed by atoms with Crippen molar-refractivity contribution in [2.75, 3.05) is 0 Å². The average molecular weight is 192 g/mol. The first-order chi connectivity index (χ1) is 6.63. The summed E-state index contributed by atoms with van der Waals surface area (Å²) in [6.45, 7) is 3.45. The van der Waals surface area contributed by atoms with Crippen LogP contribution in [0, 0.1) is 19.7 Å². The fourth-order valence-electron chi connectivity index (χ4n) is 1.61. The number of fused-ring (bicyclic) bond motifs is 1. The van der Waals surface area contributed by atoms with E-state index >= 15 is 0 Å². The van der Waals surface area contributed by atoms with Crippen molar-refractivity contribution >= 4 is 17.3 Å². The van der Waals surface area contributed by atoms with E-state index in [2.05, 4.69) is 0 Å². The molecule has 0 unspecified atom stereocenters. The third-order valence-electron chi connectivity index (χ3n) is 2.28. The van der Waals surface area contributed by atoms with Crippen molar-refractivity contribution in [2.45, 2.75) is 13.8 Å². The van der Waals surface area contributed by atoms with Gasteiger partial charge in [-0.15, -0.1) is 0 Å². The van der Waals surface area contributed by atoms with E-state index in [4.69, 9.17) is 4.42 Å². The second-order valence-electron chi connectivity index (χ2n) is 3.29. The van der Waals surface area contributed by atoms with Crippen LogP contribution in [0.4, 0.5) is 4.39 Å². The first kappa shape index (κ1) is 8.94. The molecule has 0 aliphatic heterocycles. The summed E-state index contributed by atoms with van der Waals surface area (Å²) in [6, 6.07) is 2.71. The summed E-state index contributed by atoms with van der Waals surface area (Å²) < 4.78 is 18.4. The Kier molecular flexibility index (Phi) is 1.88. The summed E-state index contributed by atoms with van der Waals surface area (Å²) in [5.41, 5.74) is 1.73. The lowest BCUT2D eigenvalue weighted by Gasteiger charge is -1.94. The van der Waals surface area contributed by atoms with E-state index in [0.29, 0.717) is 34.1 Å². The van der Waals surface area contributed by atoms with Crippen LogP contribution >= 0.6 is 0 Å². The molecule has 0 fully saturated rings. The SMILES string of the molecule is Cc1oc2c(C)cc(F)cc2c1C=O. The lowest BCUT2D eigenvalue weighted by atomic mass is 10.1. The van der Waals surface area contributed by atoms with Crippen LogP contribution in [-0.2, 0) is 0 Å².